The third-order valence-corrected chi connectivity index (χ3v) is 7.06. The number of nitrogens with zero attached hydrogens (tertiary/aromatic N) is 2. The largest absolute Gasteiger partial charge is 0.370 e. The summed E-state index contributed by atoms with van der Waals surface area (Å²) in [6.45, 7) is 10.3. The maximum absolute atomic E-state index is 8.23. The van der Waals surface area contributed by atoms with Crippen LogP contribution in [0.25, 0.3) is 0 Å². The highest BCUT2D eigenvalue weighted by atomic mass is 15.2. The summed E-state index contributed by atoms with van der Waals surface area (Å²) in [4.78, 5) is 8.78. The minimum atomic E-state index is 0.337. The number of hydrogen-bond donors (Lipinski definition) is 5. The maximum Gasteiger partial charge on any atom is 0.195 e. The van der Waals surface area contributed by atoms with Gasteiger partial charge in [0, 0.05) is 30.9 Å². The lowest BCUT2D eigenvalue weighted by atomic mass is 9.92. The molecule has 2 unspecified atom stereocenters. The first-order valence-corrected chi connectivity index (χ1v) is 14.8. The molecule has 0 aromatic carbocycles. The van der Waals surface area contributed by atoms with E-state index in [9.17, 15) is 0 Å². The molecule has 0 amide bonds. The van der Waals surface area contributed by atoms with Gasteiger partial charge < -0.3 is 22.3 Å². The molecule has 0 saturated heterocycles. The topological polar surface area (TPSA) is 136 Å². The second-order valence-corrected chi connectivity index (χ2v) is 10.4. The van der Waals surface area contributed by atoms with Crippen LogP contribution in [-0.4, -0.2) is 36.4 Å². The van der Waals surface area contributed by atoms with E-state index in [1.807, 2.05) is 0 Å². The molecule has 0 aliphatic rings. The third-order valence-electron chi connectivity index (χ3n) is 7.06. The standard InChI is InChI=1S/C29H59N7/c1-5-9-16-24(7-3)19-20-27(31)22-26(30)18-14-12-11-13-15-21-34-28(32)36-29(33)35-23-25(8-4)17-10-6-2/h24-25,30-31H,5-23H2,1-4H3,(H5,32,33,34,35,36). The van der Waals surface area contributed by atoms with Gasteiger partial charge in [-0.2, -0.15) is 0 Å². The molecule has 0 aromatic heterocycles. The highest BCUT2D eigenvalue weighted by Crippen LogP contribution is 2.19. The normalized spacial score (nSPS) is 14.0. The molecule has 7 nitrogen and oxygen atoms in total. The number of aliphatic imine (C=N–C) groups is 2. The minimum Gasteiger partial charge on any atom is -0.370 e. The van der Waals surface area contributed by atoms with E-state index in [4.69, 9.17) is 22.3 Å². The Morgan fingerprint density at radius 2 is 1.22 bits per heavy atom. The Kier molecular flexibility index (Phi) is 22.2. The monoisotopic (exact) mass is 505 g/mol. The molecule has 0 fully saturated rings. The van der Waals surface area contributed by atoms with Crippen LogP contribution in [0, 0.1) is 22.7 Å². The van der Waals surface area contributed by atoms with Crippen molar-refractivity contribution in [2.45, 2.75) is 137 Å². The number of nitrogens with two attached hydrogens (primary N) is 2. The second kappa shape index (κ2) is 23.5. The van der Waals surface area contributed by atoms with Crippen LogP contribution in [-0.2, 0) is 0 Å². The van der Waals surface area contributed by atoms with Gasteiger partial charge in [0.1, 0.15) is 0 Å². The van der Waals surface area contributed by atoms with Crippen molar-refractivity contribution in [3.8, 4) is 0 Å². The van der Waals surface area contributed by atoms with Gasteiger partial charge in [0.15, 0.2) is 11.9 Å². The molecule has 0 spiro atoms. The predicted octanol–water partition coefficient (Wildman–Crippen LogP) is 7.19. The summed E-state index contributed by atoms with van der Waals surface area (Å²) in [7, 11) is 0. The molecule has 0 radical (unpaired) electrons. The van der Waals surface area contributed by atoms with Crippen LogP contribution < -0.4 is 16.8 Å². The lowest BCUT2D eigenvalue weighted by molar-refractivity contribution is 0.428. The van der Waals surface area contributed by atoms with Crippen molar-refractivity contribution in [2.75, 3.05) is 13.1 Å². The molecule has 0 heterocycles. The summed E-state index contributed by atoms with van der Waals surface area (Å²) in [5.41, 5.74) is 13.3. The fourth-order valence-electron chi connectivity index (χ4n) is 4.39. The lowest BCUT2D eigenvalue weighted by Gasteiger charge is -2.14. The van der Waals surface area contributed by atoms with Crippen LogP contribution >= 0.6 is 0 Å². The molecule has 0 bridgehead atoms. The van der Waals surface area contributed by atoms with Gasteiger partial charge in [-0.1, -0.05) is 91.9 Å². The summed E-state index contributed by atoms with van der Waals surface area (Å²) in [6.07, 6.45) is 18.5. The quantitative estimate of drug-likeness (QED) is 0.0570. The molecule has 0 aromatic rings. The molecule has 0 rings (SSSR count). The van der Waals surface area contributed by atoms with E-state index < -0.39 is 0 Å². The van der Waals surface area contributed by atoms with Crippen LogP contribution in [0.15, 0.2) is 9.98 Å². The van der Waals surface area contributed by atoms with E-state index in [0.29, 0.717) is 30.8 Å². The van der Waals surface area contributed by atoms with Crippen molar-refractivity contribution in [3.63, 3.8) is 0 Å². The molecule has 36 heavy (non-hydrogen) atoms. The van der Waals surface area contributed by atoms with Crippen LogP contribution in [0.2, 0.25) is 0 Å². The summed E-state index contributed by atoms with van der Waals surface area (Å²) < 4.78 is 0. The Morgan fingerprint density at radius 1 is 0.667 bits per heavy atom. The van der Waals surface area contributed by atoms with Crippen LogP contribution in [0.4, 0.5) is 0 Å². The van der Waals surface area contributed by atoms with Gasteiger partial charge in [0.05, 0.1) is 0 Å². The first kappa shape index (κ1) is 34.1. The average Bonchev–Trinajstić information content (AvgIpc) is 2.85. The van der Waals surface area contributed by atoms with Crippen molar-refractivity contribution >= 4 is 23.3 Å². The van der Waals surface area contributed by atoms with Gasteiger partial charge in [-0.25, -0.2) is 0 Å². The Balaban J connectivity index is 3.88. The van der Waals surface area contributed by atoms with Gasteiger partial charge in [-0.3, -0.25) is 15.3 Å². The van der Waals surface area contributed by atoms with Gasteiger partial charge in [0.2, 0.25) is 0 Å². The van der Waals surface area contributed by atoms with E-state index in [1.165, 1.54) is 44.9 Å². The number of rotatable bonds is 23. The average molecular weight is 506 g/mol. The highest BCUT2D eigenvalue weighted by Gasteiger charge is 2.09. The Morgan fingerprint density at radius 3 is 1.86 bits per heavy atom. The highest BCUT2D eigenvalue weighted by molar-refractivity contribution is 6.01. The molecule has 0 aliphatic carbocycles. The fourth-order valence-corrected chi connectivity index (χ4v) is 4.39. The van der Waals surface area contributed by atoms with Gasteiger partial charge in [0.25, 0.3) is 0 Å². The fraction of sp³-hybridized carbons (Fsp3) is 0.862. The summed E-state index contributed by atoms with van der Waals surface area (Å²) in [5, 5.41) is 19.3. The van der Waals surface area contributed by atoms with E-state index >= 15 is 0 Å². The molecule has 0 aliphatic heterocycles. The van der Waals surface area contributed by atoms with Crippen molar-refractivity contribution < 1.29 is 0 Å². The van der Waals surface area contributed by atoms with Gasteiger partial charge in [-0.05, 0) is 50.4 Å². The molecule has 210 valence electrons. The minimum absolute atomic E-state index is 0.337. The lowest BCUT2D eigenvalue weighted by Crippen LogP contribution is -2.42. The predicted molar refractivity (Wildman–Crippen MR) is 160 cm³/mol. The summed E-state index contributed by atoms with van der Waals surface area (Å²) in [6, 6.07) is 0. The second-order valence-electron chi connectivity index (χ2n) is 10.4. The maximum atomic E-state index is 8.23. The summed E-state index contributed by atoms with van der Waals surface area (Å²) in [5.74, 6) is 2.01. The van der Waals surface area contributed by atoms with Crippen molar-refractivity contribution in [2.24, 2.45) is 33.3 Å². The van der Waals surface area contributed by atoms with Crippen molar-refractivity contribution in [3.05, 3.63) is 0 Å². The third kappa shape index (κ3) is 20.3. The number of hydrogen-bond acceptors (Lipinski definition) is 4. The Labute approximate surface area is 222 Å². The first-order chi connectivity index (χ1) is 17.4. The zero-order valence-corrected chi connectivity index (χ0v) is 24.1. The van der Waals surface area contributed by atoms with Crippen LogP contribution in [0.1, 0.15) is 137 Å². The zero-order valence-electron chi connectivity index (χ0n) is 24.1. The Hall–Kier alpha value is -1.92. The number of nitrogens with one attached hydrogen (secondary N) is 3. The molecular weight excluding hydrogens is 446 g/mol. The SMILES string of the molecule is CCCCC(CC)CCC(=N)CC(=N)CCCCCCCN=C(N)NC(N)=NCC(CC)CCCC. The first-order valence-electron chi connectivity index (χ1n) is 14.8. The number of unbranched alkanes of at least 4 members (excludes halogenated alkanes) is 6. The van der Waals surface area contributed by atoms with E-state index in [0.717, 1.165) is 81.7 Å². The Bertz CT molecular complexity index is 627. The van der Waals surface area contributed by atoms with E-state index in [2.05, 4.69) is 43.0 Å². The molecule has 7 N–H and O–H groups in total. The zero-order chi connectivity index (χ0) is 27.0. The van der Waals surface area contributed by atoms with E-state index in [1.54, 1.807) is 0 Å². The molecule has 7 heteroatoms. The molecule has 2 atom stereocenters. The van der Waals surface area contributed by atoms with Gasteiger partial charge >= 0.3 is 0 Å². The van der Waals surface area contributed by atoms with Crippen LogP contribution in [0.5, 0.6) is 0 Å². The summed E-state index contributed by atoms with van der Waals surface area (Å²) >= 11 is 0. The molecule has 0 saturated carbocycles. The molecular formula is C29H59N7. The van der Waals surface area contributed by atoms with Crippen molar-refractivity contribution in [1.82, 2.24) is 5.32 Å². The smallest absolute Gasteiger partial charge is 0.195 e. The van der Waals surface area contributed by atoms with E-state index in [-0.39, 0.29) is 0 Å². The van der Waals surface area contributed by atoms with Crippen LogP contribution in [0.3, 0.4) is 0 Å². The van der Waals surface area contributed by atoms with Gasteiger partial charge in [-0.15, -0.1) is 0 Å². The number of guanidine groups is 2. The van der Waals surface area contributed by atoms with Crippen molar-refractivity contribution in [1.29, 1.82) is 10.8 Å².